The van der Waals surface area contributed by atoms with Crippen LogP contribution in [0.1, 0.15) is 12.8 Å². The fourth-order valence-electron chi connectivity index (χ4n) is 1.71. The zero-order valence-electron chi connectivity index (χ0n) is 8.96. The van der Waals surface area contributed by atoms with E-state index in [1.165, 1.54) is 0 Å². The normalized spacial score (nSPS) is 20.3. The Morgan fingerprint density at radius 2 is 2.06 bits per heavy atom. The number of carbonyl (C=O) groups excluding carboxylic acids is 1. The monoisotopic (exact) mass is 254 g/mol. The summed E-state index contributed by atoms with van der Waals surface area (Å²) in [5, 5.41) is 11.2. The smallest absolute Gasteiger partial charge is 0.406 e. The van der Waals surface area contributed by atoms with E-state index in [2.05, 4.69) is 5.32 Å². The summed E-state index contributed by atoms with van der Waals surface area (Å²) in [6, 6.07) is -0.698. The summed E-state index contributed by atoms with van der Waals surface area (Å²) in [6.45, 7) is -1.91. The molecule has 1 saturated heterocycles. The van der Waals surface area contributed by atoms with Crippen LogP contribution in [0.15, 0.2) is 0 Å². The second-order valence-electron chi connectivity index (χ2n) is 3.85. The Morgan fingerprint density at radius 3 is 2.47 bits per heavy atom. The topological polar surface area (TPSA) is 69.6 Å². The molecular formula is C9H13F3N2O3. The van der Waals surface area contributed by atoms with E-state index in [0.29, 0.717) is 24.3 Å². The Labute approximate surface area is 95.6 Å². The second kappa shape index (κ2) is 5.35. The molecule has 0 radical (unpaired) electrons. The van der Waals surface area contributed by atoms with Crippen LogP contribution in [0.4, 0.5) is 13.2 Å². The van der Waals surface area contributed by atoms with Crippen molar-refractivity contribution in [1.29, 1.82) is 0 Å². The van der Waals surface area contributed by atoms with Gasteiger partial charge in [0.15, 0.2) is 0 Å². The number of carbonyl (C=O) groups is 2. The Bertz CT molecular complexity index is 300. The lowest BCUT2D eigenvalue weighted by atomic mass is 10.2. The van der Waals surface area contributed by atoms with Crippen LogP contribution in [0.25, 0.3) is 0 Å². The first-order valence-electron chi connectivity index (χ1n) is 5.10. The van der Waals surface area contributed by atoms with E-state index < -0.39 is 37.2 Å². The van der Waals surface area contributed by atoms with Gasteiger partial charge in [0.05, 0.1) is 6.04 Å². The molecule has 1 aliphatic rings. The lowest BCUT2D eigenvalue weighted by molar-refractivity contribution is -0.166. The van der Waals surface area contributed by atoms with Gasteiger partial charge >= 0.3 is 12.1 Å². The molecule has 1 rings (SSSR count). The van der Waals surface area contributed by atoms with Crippen molar-refractivity contribution in [1.82, 2.24) is 10.2 Å². The number of alkyl halides is 3. The fourth-order valence-corrected chi connectivity index (χ4v) is 1.71. The third kappa shape index (κ3) is 4.59. The number of hydrogen-bond acceptors (Lipinski definition) is 3. The molecule has 1 aliphatic heterocycles. The van der Waals surface area contributed by atoms with E-state index in [1.54, 1.807) is 0 Å². The van der Waals surface area contributed by atoms with Gasteiger partial charge in [0.25, 0.3) is 0 Å². The second-order valence-corrected chi connectivity index (χ2v) is 3.85. The predicted octanol–water partition coefficient (Wildman–Crippen LogP) is 0.214. The van der Waals surface area contributed by atoms with Crippen molar-refractivity contribution in [3.63, 3.8) is 0 Å². The molecule has 1 fully saturated rings. The van der Waals surface area contributed by atoms with Gasteiger partial charge in [-0.1, -0.05) is 0 Å². The maximum Gasteiger partial charge on any atom is 0.406 e. The van der Waals surface area contributed by atoms with Gasteiger partial charge in [0, 0.05) is 0 Å². The summed E-state index contributed by atoms with van der Waals surface area (Å²) >= 11 is 0. The molecule has 0 aromatic carbocycles. The molecule has 17 heavy (non-hydrogen) atoms. The van der Waals surface area contributed by atoms with Gasteiger partial charge in [-0.3, -0.25) is 9.59 Å². The maximum absolute atomic E-state index is 12.2. The number of hydrogen-bond donors (Lipinski definition) is 2. The minimum Gasteiger partial charge on any atom is -0.480 e. The molecule has 0 spiro atoms. The minimum absolute atomic E-state index is 0.325. The number of carboxylic acid groups (broad SMARTS) is 1. The van der Waals surface area contributed by atoms with Gasteiger partial charge in [-0.05, 0) is 19.4 Å². The molecule has 0 saturated carbocycles. The molecule has 0 aliphatic carbocycles. The molecule has 0 unspecified atom stereocenters. The van der Waals surface area contributed by atoms with Gasteiger partial charge < -0.3 is 15.3 Å². The Morgan fingerprint density at radius 1 is 1.41 bits per heavy atom. The van der Waals surface area contributed by atoms with E-state index in [-0.39, 0.29) is 0 Å². The van der Waals surface area contributed by atoms with Crippen molar-refractivity contribution < 1.29 is 27.9 Å². The summed E-state index contributed by atoms with van der Waals surface area (Å²) in [5.41, 5.74) is 0. The van der Waals surface area contributed by atoms with E-state index in [4.69, 9.17) is 5.11 Å². The minimum atomic E-state index is -4.59. The molecule has 5 nitrogen and oxygen atoms in total. The standard InChI is InChI=1S/C9H13F3N2O3/c10-9(11,12)5-14(4-7(15)16)8(17)6-2-1-3-13-6/h6,13H,1-5H2,(H,15,16)/t6-/m0/s1. The molecule has 0 aromatic heterocycles. The van der Waals surface area contributed by atoms with Gasteiger partial charge in [-0.25, -0.2) is 0 Å². The van der Waals surface area contributed by atoms with E-state index >= 15 is 0 Å². The van der Waals surface area contributed by atoms with Crippen LogP contribution in [-0.2, 0) is 9.59 Å². The number of nitrogens with zero attached hydrogens (tertiary/aromatic N) is 1. The Hall–Kier alpha value is -1.31. The molecule has 98 valence electrons. The Kier molecular flexibility index (Phi) is 4.33. The molecule has 0 aromatic rings. The quantitative estimate of drug-likeness (QED) is 0.752. The SMILES string of the molecule is O=C(O)CN(CC(F)(F)F)C(=O)[C@@H]1CCCN1. The summed E-state index contributed by atoms with van der Waals surface area (Å²) < 4.78 is 36.6. The van der Waals surface area contributed by atoms with Crippen LogP contribution in [0.5, 0.6) is 0 Å². The van der Waals surface area contributed by atoms with Gasteiger partial charge in [0.2, 0.25) is 5.91 Å². The highest BCUT2D eigenvalue weighted by atomic mass is 19.4. The lowest BCUT2D eigenvalue weighted by Gasteiger charge is -2.24. The van der Waals surface area contributed by atoms with Crippen molar-refractivity contribution in [3.05, 3.63) is 0 Å². The largest absolute Gasteiger partial charge is 0.480 e. The van der Waals surface area contributed by atoms with Crippen molar-refractivity contribution in [2.24, 2.45) is 0 Å². The van der Waals surface area contributed by atoms with Gasteiger partial charge in [-0.15, -0.1) is 0 Å². The molecule has 1 heterocycles. The van der Waals surface area contributed by atoms with Crippen molar-refractivity contribution in [3.8, 4) is 0 Å². The third-order valence-corrected chi connectivity index (χ3v) is 2.37. The van der Waals surface area contributed by atoms with E-state index in [1.807, 2.05) is 0 Å². The zero-order valence-corrected chi connectivity index (χ0v) is 8.96. The van der Waals surface area contributed by atoms with Crippen LogP contribution in [-0.4, -0.2) is 53.7 Å². The summed E-state index contributed by atoms with van der Waals surface area (Å²) in [4.78, 5) is 22.4. The highest BCUT2D eigenvalue weighted by Gasteiger charge is 2.36. The summed E-state index contributed by atoms with van der Waals surface area (Å²) in [7, 11) is 0. The zero-order chi connectivity index (χ0) is 13.1. The fraction of sp³-hybridized carbons (Fsp3) is 0.778. The first-order chi connectivity index (χ1) is 7.79. The van der Waals surface area contributed by atoms with Gasteiger partial charge in [0.1, 0.15) is 13.1 Å². The molecule has 0 bridgehead atoms. The molecule has 8 heteroatoms. The molecule has 1 amide bonds. The van der Waals surface area contributed by atoms with Crippen molar-refractivity contribution in [2.45, 2.75) is 25.1 Å². The predicted molar refractivity (Wildman–Crippen MR) is 51.3 cm³/mol. The highest BCUT2D eigenvalue weighted by Crippen LogP contribution is 2.18. The number of aliphatic carboxylic acids is 1. The average Bonchev–Trinajstić information content (AvgIpc) is 2.65. The highest BCUT2D eigenvalue weighted by molar-refractivity contribution is 5.85. The van der Waals surface area contributed by atoms with E-state index in [0.717, 1.165) is 0 Å². The number of nitrogens with one attached hydrogen (secondary N) is 1. The summed E-state index contributed by atoms with van der Waals surface area (Å²) in [6.07, 6.45) is -3.46. The van der Waals surface area contributed by atoms with Crippen LogP contribution >= 0.6 is 0 Å². The van der Waals surface area contributed by atoms with Crippen LogP contribution in [0.3, 0.4) is 0 Å². The first-order valence-corrected chi connectivity index (χ1v) is 5.10. The maximum atomic E-state index is 12.2. The molecule has 2 N–H and O–H groups in total. The average molecular weight is 254 g/mol. The molecular weight excluding hydrogens is 241 g/mol. The number of amides is 1. The third-order valence-electron chi connectivity index (χ3n) is 2.37. The van der Waals surface area contributed by atoms with E-state index in [9.17, 15) is 22.8 Å². The number of halogens is 3. The first kappa shape index (κ1) is 13.8. The van der Waals surface area contributed by atoms with Crippen LogP contribution < -0.4 is 5.32 Å². The van der Waals surface area contributed by atoms with Crippen molar-refractivity contribution in [2.75, 3.05) is 19.6 Å². The number of rotatable bonds is 4. The lowest BCUT2D eigenvalue weighted by Crippen LogP contribution is -2.49. The molecule has 1 atom stereocenters. The van der Waals surface area contributed by atoms with Crippen LogP contribution in [0, 0.1) is 0 Å². The van der Waals surface area contributed by atoms with Crippen LogP contribution in [0.2, 0.25) is 0 Å². The van der Waals surface area contributed by atoms with Gasteiger partial charge in [-0.2, -0.15) is 13.2 Å². The van der Waals surface area contributed by atoms with Crippen molar-refractivity contribution >= 4 is 11.9 Å². The Balaban J connectivity index is 2.67. The summed E-state index contributed by atoms with van der Waals surface area (Å²) in [5.74, 6) is -2.26. The number of carboxylic acids is 1.